The highest BCUT2D eigenvalue weighted by molar-refractivity contribution is 9.10. The number of alkyl halides is 3. The van der Waals surface area contributed by atoms with E-state index in [1.807, 2.05) is 17.0 Å². The minimum atomic E-state index is -4.32. The molecule has 0 radical (unpaired) electrons. The number of aromatic nitrogens is 2. The highest BCUT2D eigenvalue weighted by Crippen LogP contribution is 2.33. The van der Waals surface area contributed by atoms with Gasteiger partial charge in [0, 0.05) is 61.7 Å². The zero-order chi connectivity index (χ0) is 23.2. The van der Waals surface area contributed by atoms with Crippen LogP contribution < -0.4 is 4.90 Å². The van der Waals surface area contributed by atoms with Gasteiger partial charge in [0.15, 0.2) is 0 Å². The fourth-order valence-corrected chi connectivity index (χ4v) is 5.24. The van der Waals surface area contributed by atoms with Crippen molar-refractivity contribution >= 4 is 43.4 Å². The predicted molar refractivity (Wildman–Crippen MR) is 130 cm³/mol. The Labute approximate surface area is 198 Å². The maximum Gasteiger partial charge on any atom is 0.416 e. The lowest BCUT2D eigenvalue weighted by molar-refractivity contribution is -0.137. The summed E-state index contributed by atoms with van der Waals surface area (Å²) in [6, 6.07) is 16.0. The Morgan fingerprint density at radius 1 is 0.939 bits per heavy atom. The van der Waals surface area contributed by atoms with Gasteiger partial charge in [-0.25, -0.2) is 4.98 Å². The van der Waals surface area contributed by atoms with Gasteiger partial charge in [-0.05, 0) is 29.7 Å². The molecule has 33 heavy (non-hydrogen) atoms. The van der Waals surface area contributed by atoms with Crippen molar-refractivity contribution in [2.24, 2.45) is 7.05 Å². The maximum absolute atomic E-state index is 13.0. The summed E-state index contributed by atoms with van der Waals surface area (Å²) in [6.07, 6.45) is -3.50. The lowest BCUT2D eigenvalue weighted by atomic mass is 10.1. The van der Waals surface area contributed by atoms with Crippen LogP contribution in [0.4, 0.5) is 18.9 Å². The van der Waals surface area contributed by atoms with E-state index in [9.17, 15) is 13.2 Å². The highest BCUT2D eigenvalue weighted by atomic mass is 79.9. The molecule has 172 valence electrons. The third-order valence-corrected chi connectivity index (χ3v) is 7.14. The van der Waals surface area contributed by atoms with E-state index in [1.54, 1.807) is 6.07 Å². The molecule has 0 spiro atoms. The summed E-state index contributed by atoms with van der Waals surface area (Å²) in [6.45, 7) is 3.92. The van der Waals surface area contributed by atoms with Gasteiger partial charge >= 0.3 is 6.18 Å². The van der Waals surface area contributed by atoms with Crippen LogP contribution in [-0.2, 0) is 19.6 Å². The third-order valence-electron chi connectivity index (χ3n) is 6.48. The Kier molecular flexibility index (Phi) is 5.82. The Hall–Kier alpha value is -2.58. The molecule has 8 heteroatoms. The molecular weight excluding hydrogens is 493 g/mol. The molecule has 5 rings (SSSR count). The van der Waals surface area contributed by atoms with Crippen LogP contribution in [-0.4, -0.2) is 47.2 Å². The number of nitrogens with zero attached hydrogens (tertiary/aromatic N) is 4. The fraction of sp³-hybridized carbons (Fsp3) is 0.320. The number of halogens is 4. The molecule has 0 N–H and O–H groups in total. The first-order chi connectivity index (χ1) is 15.8. The van der Waals surface area contributed by atoms with Crippen molar-refractivity contribution in [2.45, 2.75) is 12.6 Å². The first-order valence-corrected chi connectivity index (χ1v) is 11.8. The smallest absolute Gasteiger partial charge is 0.369 e. The van der Waals surface area contributed by atoms with Gasteiger partial charge in [-0.2, -0.15) is 13.2 Å². The second-order valence-electron chi connectivity index (χ2n) is 8.49. The Morgan fingerprint density at radius 3 is 2.39 bits per heavy atom. The minimum absolute atomic E-state index is 0.594. The van der Waals surface area contributed by atoms with E-state index in [1.165, 1.54) is 22.9 Å². The fourth-order valence-electron chi connectivity index (χ4n) is 4.67. The number of hydrogen-bond acceptors (Lipinski definition) is 3. The van der Waals surface area contributed by atoms with Crippen LogP contribution in [0.15, 0.2) is 59.1 Å². The van der Waals surface area contributed by atoms with E-state index < -0.39 is 11.7 Å². The molecule has 0 saturated carbocycles. The number of benzene rings is 3. The van der Waals surface area contributed by atoms with Crippen molar-refractivity contribution in [3.8, 4) is 0 Å². The summed E-state index contributed by atoms with van der Waals surface area (Å²) >= 11 is 3.67. The van der Waals surface area contributed by atoms with E-state index in [0.717, 1.165) is 53.5 Å². The Bertz CT molecular complexity index is 1310. The van der Waals surface area contributed by atoms with E-state index in [-0.39, 0.29) is 0 Å². The monoisotopic (exact) mass is 516 g/mol. The van der Waals surface area contributed by atoms with Gasteiger partial charge in [0.25, 0.3) is 0 Å². The molecule has 1 aliphatic rings. The van der Waals surface area contributed by atoms with Crippen LogP contribution in [0.25, 0.3) is 21.8 Å². The third kappa shape index (κ3) is 4.34. The van der Waals surface area contributed by atoms with Gasteiger partial charge in [0.1, 0.15) is 5.82 Å². The van der Waals surface area contributed by atoms with Crippen molar-refractivity contribution in [1.82, 2.24) is 14.5 Å². The zero-order valence-electron chi connectivity index (χ0n) is 18.2. The Balaban J connectivity index is 1.26. The van der Waals surface area contributed by atoms with Gasteiger partial charge in [-0.3, -0.25) is 4.90 Å². The van der Waals surface area contributed by atoms with Crippen molar-refractivity contribution in [3.05, 3.63) is 70.5 Å². The molecule has 4 aromatic rings. The molecule has 1 saturated heterocycles. The van der Waals surface area contributed by atoms with E-state index in [2.05, 4.69) is 50.6 Å². The summed E-state index contributed by atoms with van der Waals surface area (Å²) < 4.78 is 42.3. The highest BCUT2D eigenvalue weighted by Gasteiger charge is 2.31. The number of aryl methyl sites for hydroxylation is 1. The molecule has 0 aliphatic carbocycles. The van der Waals surface area contributed by atoms with Crippen LogP contribution in [0.2, 0.25) is 0 Å². The number of rotatable bonds is 4. The summed E-state index contributed by atoms with van der Waals surface area (Å²) in [7, 11) is 2.07. The van der Waals surface area contributed by atoms with Gasteiger partial charge in [-0.15, -0.1) is 0 Å². The SMILES string of the molecule is Cn1c(CCN2CCN(c3cccc(C(F)(F)F)c3)CC2)nc2cc(Br)c3ccccc3c21. The quantitative estimate of drug-likeness (QED) is 0.339. The Morgan fingerprint density at radius 2 is 1.67 bits per heavy atom. The number of hydrogen-bond donors (Lipinski definition) is 0. The van der Waals surface area contributed by atoms with Crippen LogP contribution in [0.3, 0.4) is 0 Å². The van der Waals surface area contributed by atoms with Crippen LogP contribution in [0.1, 0.15) is 11.4 Å². The predicted octanol–water partition coefficient (Wildman–Crippen LogP) is 5.87. The largest absolute Gasteiger partial charge is 0.416 e. The molecule has 0 atom stereocenters. The van der Waals surface area contributed by atoms with E-state index >= 15 is 0 Å². The number of imidazole rings is 1. The molecule has 1 aliphatic heterocycles. The lowest BCUT2D eigenvalue weighted by Crippen LogP contribution is -2.47. The molecule has 1 fully saturated rings. The average molecular weight is 517 g/mol. The standard InChI is InChI=1S/C25H24BrF3N4/c1-31-23(30-22-16-21(26)19-7-2-3-8-20(19)24(22)31)9-10-32-11-13-33(14-12-32)18-6-4-5-17(15-18)25(27,28)29/h2-8,15-16H,9-14H2,1H3. The summed E-state index contributed by atoms with van der Waals surface area (Å²) in [5.74, 6) is 1.04. The summed E-state index contributed by atoms with van der Waals surface area (Å²) in [5.41, 5.74) is 2.16. The maximum atomic E-state index is 13.0. The molecule has 1 aromatic heterocycles. The molecule has 4 nitrogen and oxygen atoms in total. The average Bonchev–Trinajstić information content (AvgIpc) is 3.13. The zero-order valence-corrected chi connectivity index (χ0v) is 19.8. The summed E-state index contributed by atoms with van der Waals surface area (Å²) in [5, 5.41) is 2.35. The first-order valence-electron chi connectivity index (χ1n) is 11.0. The minimum Gasteiger partial charge on any atom is -0.369 e. The number of fused-ring (bicyclic) bond motifs is 3. The second kappa shape index (κ2) is 8.65. The molecule has 0 amide bonds. The molecule has 3 aromatic carbocycles. The second-order valence-corrected chi connectivity index (χ2v) is 9.34. The van der Waals surface area contributed by atoms with Gasteiger partial charge in [0.2, 0.25) is 0 Å². The van der Waals surface area contributed by atoms with E-state index in [0.29, 0.717) is 18.8 Å². The lowest BCUT2D eigenvalue weighted by Gasteiger charge is -2.36. The molecule has 0 bridgehead atoms. The van der Waals surface area contributed by atoms with Gasteiger partial charge in [0.05, 0.1) is 16.6 Å². The molecule has 2 heterocycles. The van der Waals surface area contributed by atoms with Crippen molar-refractivity contribution < 1.29 is 13.2 Å². The molecular formula is C25H24BrF3N4. The molecule has 0 unspecified atom stereocenters. The number of anilines is 1. The normalized spacial score (nSPS) is 15.6. The first kappa shape index (κ1) is 22.2. The van der Waals surface area contributed by atoms with E-state index in [4.69, 9.17) is 4.98 Å². The number of piperazine rings is 1. The van der Waals surface area contributed by atoms with Crippen molar-refractivity contribution in [3.63, 3.8) is 0 Å². The van der Waals surface area contributed by atoms with Crippen LogP contribution in [0.5, 0.6) is 0 Å². The van der Waals surface area contributed by atoms with Crippen molar-refractivity contribution in [1.29, 1.82) is 0 Å². The summed E-state index contributed by atoms with van der Waals surface area (Å²) in [4.78, 5) is 9.28. The van der Waals surface area contributed by atoms with Gasteiger partial charge < -0.3 is 9.47 Å². The van der Waals surface area contributed by atoms with Crippen LogP contribution in [0, 0.1) is 0 Å². The van der Waals surface area contributed by atoms with Crippen molar-refractivity contribution in [2.75, 3.05) is 37.6 Å². The van der Waals surface area contributed by atoms with Gasteiger partial charge in [-0.1, -0.05) is 46.3 Å². The van der Waals surface area contributed by atoms with Crippen LogP contribution >= 0.6 is 15.9 Å². The topological polar surface area (TPSA) is 24.3 Å².